The van der Waals surface area contributed by atoms with Gasteiger partial charge in [-0.15, -0.1) is 0 Å². The van der Waals surface area contributed by atoms with Crippen molar-refractivity contribution in [3.8, 4) is 0 Å². The summed E-state index contributed by atoms with van der Waals surface area (Å²) in [5.74, 6) is -4.07. The maximum Gasteiger partial charge on any atom is 0.315 e. The molecule has 0 heterocycles. The Morgan fingerprint density at radius 2 is 1.81 bits per heavy atom. The summed E-state index contributed by atoms with van der Waals surface area (Å²) in [7, 11) is 0. The van der Waals surface area contributed by atoms with Crippen molar-refractivity contribution >= 4 is 11.9 Å². The number of hydrogen-bond donors (Lipinski definition) is 4. The quantitative estimate of drug-likeness (QED) is 0.554. The molecule has 0 aliphatic heterocycles. The van der Waals surface area contributed by atoms with E-state index in [-0.39, 0.29) is 18.7 Å². The van der Waals surface area contributed by atoms with Crippen molar-refractivity contribution in [3.05, 3.63) is 35.4 Å². The van der Waals surface area contributed by atoms with Crippen molar-refractivity contribution in [1.82, 2.24) is 5.32 Å². The van der Waals surface area contributed by atoms with Crippen LogP contribution in [0, 0.1) is 11.6 Å². The fourth-order valence-corrected chi connectivity index (χ4v) is 1.94. The molecule has 0 saturated carbocycles. The number of aliphatic carboxylic acids is 1. The van der Waals surface area contributed by atoms with Gasteiger partial charge in [-0.3, -0.25) is 9.59 Å². The topological polar surface area (TPSA) is 113 Å². The van der Waals surface area contributed by atoms with E-state index in [1.807, 2.05) is 0 Å². The molecule has 8 heteroatoms. The standard InChI is InChI=1S/C13H16F2N2O4/c14-9-3-8(4-10(15)5-9)13(7-16,12(20)21)6-11(19)17-1-2-18/h3-5,18H,1-2,6-7,16H2,(H,17,19)(H,20,21). The summed E-state index contributed by atoms with van der Waals surface area (Å²) in [6.45, 7) is -0.891. The molecular formula is C13H16F2N2O4. The first kappa shape index (κ1) is 17.0. The number of amides is 1. The van der Waals surface area contributed by atoms with Gasteiger partial charge in [-0.25, -0.2) is 8.78 Å². The lowest BCUT2D eigenvalue weighted by Crippen LogP contribution is -2.47. The van der Waals surface area contributed by atoms with Crippen molar-refractivity contribution in [1.29, 1.82) is 0 Å². The van der Waals surface area contributed by atoms with Crippen molar-refractivity contribution in [3.63, 3.8) is 0 Å². The zero-order valence-corrected chi connectivity index (χ0v) is 11.1. The highest BCUT2D eigenvalue weighted by molar-refractivity contribution is 5.89. The molecule has 5 N–H and O–H groups in total. The molecule has 6 nitrogen and oxygen atoms in total. The van der Waals surface area contributed by atoms with Gasteiger partial charge in [0.15, 0.2) is 0 Å². The van der Waals surface area contributed by atoms with Crippen LogP contribution in [0.3, 0.4) is 0 Å². The van der Waals surface area contributed by atoms with Crippen LogP contribution < -0.4 is 11.1 Å². The monoisotopic (exact) mass is 302 g/mol. The number of carbonyl (C=O) groups is 2. The van der Waals surface area contributed by atoms with Gasteiger partial charge in [-0.2, -0.15) is 0 Å². The fraction of sp³-hybridized carbons (Fsp3) is 0.385. The molecule has 21 heavy (non-hydrogen) atoms. The van der Waals surface area contributed by atoms with Gasteiger partial charge in [0.25, 0.3) is 0 Å². The third-order valence-electron chi connectivity index (χ3n) is 3.07. The lowest BCUT2D eigenvalue weighted by atomic mass is 9.77. The van der Waals surface area contributed by atoms with Crippen LogP contribution in [0.5, 0.6) is 0 Å². The van der Waals surface area contributed by atoms with Gasteiger partial charge in [0.2, 0.25) is 5.91 Å². The molecule has 0 aliphatic carbocycles. The van der Waals surface area contributed by atoms with Crippen LogP contribution in [0.2, 0.25) is 0 Å². The number of carbonyl (C=O) groups excluding carboxylic acids is 1. The number of halogens is 2. The van der Waals surface area contributed by atoms with Crippen molar-refractivity contribution in [2.45, 2.75) is 11.8 Å². The molecule has 116 valence electrons. The molecule has 1 unspecified atom stereocenters. The van der Waals surface area contributed by atoms with Crippen molar-refractivity contribution in [2.75, 3.05) is 19.7 Å². The van der Waals surface area contributed by atoms with Gasteiger partial charge in [0, 0.05) is 25.6 Å². The van der Waals surface area contributed by atoms with Crippen LogP contribution in [-0.2, 0) is 15.0 Å². The van der Waals surface area contributed by atoms with Crippen LogP contribution in [0.4, 0.5) is 8.78 Å². The van der Waals surface area contributed by atoms with Gasteiger partial charge < -0.3 is 21.3 Å². The molecule has 0 bridgehead atoms. The number of carboxylic acids is 1. The number of hydrogen-bond acceptors (Lipinski definition) is 4. The zero-order chi connectivity index (χ0) is 16.0. The molecular weight excluding hydrogens is 286 g/mol. The van der Waals surface area contributed by atoms with Gasteiger partial charge in [-0.1, -0.05) is 0 Å². The van der Waals surface area contributed by atoms with E-state index in [0.717, 1.165) is 12.1 Å². The Hall–Kier alpha value is -2.06. The van der Waals surface area contributed by atoms with Crippen LogP contribution >= 0.6 is 0 Å². The first-order valence-electron chi connectivity index (χ1n) is 6.13. The molecule has 0 aromatic heterocycles. The summed E-state index contributed by atoms with van der Waals surface area (Å²) in [5.41, 5.74) is 3.29. The minimum absolute atomic E-state index is 0.0589. The average Bonchev–Trinajstić information content (AvgIpc) is 2.41. The Bertz CT molecular complexity index is 519. The second-order valence-electron chi connectivity index (χ2n) is 4.50. The molecule has 0 spiro atoms. The second-order valence-corrected chi connectivity index (χ2v) is 4.50. The average molecular weight is 302 g/mol. The maximum atomic E-state index is 13.3. The fourth-order valence-electron chi connectivity index (χ4n) is 1.94. The summed E-state index contributed by atoms with van der Waals surface area (Å²) in [6, 6.07) is 2.27. The van der Waals surface area contributed by atoms with Gasteiger partial charge in [-0.05, 0) is 17.7 Å². The normalized spacial score (nSPS) is 13.5. The van der Waals surface area contributed by atoms with Crippen LogP contribution in [0.1, 0.15) is 12.0 Å². The molecule has 1 aromatic carbocycles. The molecule has 0 saturated heterocycles. The second kappa shape index (κ2) is 7.09. The summed E-state index contributed by atoms with van der Waals surface area (Å²) < 4.78 is 26.6. The number of benzene rings is 1. The molecule has 1 atom stereocenters. The predicted octanol–water partition coefficient (Wildman–Crippen LogP) is -0.255. The highest BCUT2D eigenvalue weighted by atomic mass is 19.1. The third kappa shape index (κ3) is 3.96. The Labute approximate surface area is 119 Å². The van der Waals surface area contributed by atoms with E-state index in [2.05, 4.69) is 5.32 Å². The Morgan fingerprint density at radius 1 is 1.24 bits per heavy atom. The van der Waals surface area contributed by atoms with Crippen LogP contribution in [-0.4, -0.2) is 41.8 Å². The maximum absolute atomic E-state index is 13.3. The van der Waals surface area contributed by atoms with E-state index < -0.39 is 41.9 Å². The molecule has 1 amide bonds. The highest BCUT2D eigenvalue weighted by Gasteiger charge is 2.42. The number of nitrogens with two attached hydrogens (primary N) is 1. The zero-order valence-electron chi connectivity index (χ0n) is 11.1. The largest absolute Gasteiger partial charge is 0.481 e. The summed E-state index contributed by atoms with van der Waals surface area (Å²) >= 11 is 0. The van der Waals surface area contributed by atoms with Gasteiger partial charge >= 0.3 is 5.97 Å². The number of nitrogens with one attached hydrogen (secondary N) is 1. The smallest absolute Gasteiger partial charge is 0.315 e. The van der Waals surface area contributed by atoms with E-state index >= 15 is 0 Å². The van der Waals surface area contributed by atoms with E-state index in [1.54, 1.807) is 0 Å². The summed E-state index contributed by atoms with van der Waals surface area (Å²) in [6.07, 6.45) is -0.596. The van der Waals surface area contributed by atoms with Crippen LogP contribution in [0.15, 0.2) is 18.2 Å². The van der Waals surface area contributed by atoms with Gasteiger partial charge in [0.1, 0.15) is 17.0 Å². The Kier molecular flexibility index (Phi) is 5.74. The molecule has 1 rings (SSSR count). The first-order chi connectivity index (χ1) is 9.85. The minimum atomic E-state index is -1.94. The number of aliphatic hydroxyl groups is 1. The van der Waals surface area contributed by atoms with Crippen molar-refractivity contribution in [2.24, 2.45) is 5.73 Å². The van der Waals surface area contributed by atoms with Crippen molar-refractivity contribution < 1.29 is 28.6 Å². The first-order valence-corrected chi connectivity index (χ1v) is 6.13. The van der Waals surface area contributed by atoms with E-state index in [9.17, 15) is 23.5 Å². The molecule has 0 aliphatic rings. The Morgan fingerprint density at radius 3 is 2.24 bits per heavy atom. The lowest BCUT2D eigenvalue weighted by molar-refractivity contribution is -0.146. The highest BCUT2D eigenvalue weighted by Crippen LogP contribution is 2.29. The minimum Gasteiger partial charge on any atom is -0.481 e. The van der Waals surface area contributed by atoms with E-state index in [1.165, 1.54) is 0 Å². The number of carboxylic acid groups (broad SMARTS) is 1. The Balaban J connectivity index is 3.20. The molecule has 0 radical (unpaired) electrons. The van der Waals surface area contributed by atoms with E-state index in [4.69, 9.17) is 10.8 Å². The number of aliphatic hydroxyl groups excluding tert-OH is 1. The van der Waals surface area contributed by atoms with E-state index in [0.29, 0.717) is 6.07 Å². The SMILES string of the molecule is NCC(CC(=O)NCCO)(C(=O)O)c1cc(F)cc(F)c1. The third-order valence-corrected chi connectivity index (χ3v) is 3.07. The summed E-state index contributed by atoms with van der Waals surface area (Å²) in [4.78, 5) is 23.2. The molecule has 1 aromatic rings. The molecule has 0 fully saturated rings. The summed E-state index contributed by atoms with van der Waals surface area (Å²) in [5, 5.41) is 20.3. The van der Waals surface area contributed by atoms with Crippen LogP contribution in [0.25, 0.3) is 0 Å². The predicted molar refractivity (Wildman–Crippen MR) is 69.4 cm³/mol. The number of rotatable bonds is 7. The lowest BCUT2D eigenvalue weighted by Gasteiger charge is -2.28. The van der Waals surface area contributed by atoms with Gasteiger partial charge in [0.05, 0.1) is 6.61 Å².